The van der Waals surface area contributed by atoms with Crippen LogP contribution in [0.4, 0.5) is 5.88 Å². The van der Waals surface area contributed by atoms with E-state index in [0.29, 0.717) is 18.7 Å². The molecule has 5 nitrogen and oxygen atoms in total. The van der Waals surface area contributed by atoms with E-state index in [0.717, 1.165) is 5.56 Å². The zero-order valence-electron chi connectivity index (χ0n) is 11.2. The Bertz CT molecular complexity index is 562. The fraction of sp³-hybridized carbons (Fsp3) is 0.267. The van der Waals surface area contributed by atoms with E-state index in [9.17, 15) is 15.0 Å². The molecule has 1 aromatic heterocycles. The number of nitrogens with one attached hydrogen (secondary N) is 1. The molecule has 0 aliphatic carbocycles. The summed E-state index contributed by atoms with van der Waals surface area (Å²) in [6.45, 7) is 1.81. The number of hydrogen-bond donors (Lipinski definition) is 3. The van der Waals surface area contributed by atoms with Gasteiger partial charge in [0.2, 0.25) is 0 Å². The fourth-order valence-corrected chi connectivity index (χ4v) is 2.09. The first-order valence-electron chi connectivity index (χ1n) is 6.39. The number of rotatable bonds is 6. The van der Waals surface area contributed by atoms with Crippen molar-refractivity contribution in [2.45, 2.75) is 25.3 Å². The van der Waals surface area contributed by atoms with Crippen molar-refractivity contribution in [2.24, 2.45) is 0 Å². The Labute approximate surface area is 116 Å². The normalized spacial score (nSPS) is 13.7. The maximum Gasteiger partial charge on any atom is 0.329 e. The monoisotopic (exact) mass is 275 g/mol. The molecule has 0 saturated heterocycles. The molecule has 0 unspecified atom stereocenters. The van der Waals surface area contributed by atoms with Gasteiger partial charge in [-0.1, -0.05) is 19.1 Å². The first-order chi connectivity index (χ1) is 9.55. The van der Waals surface area contributed by atoms with Gasteiger partial charge in [-0.25, -0.2) is 4.79 Å². The Kier molecular flexibility index (Phi) is 3.98. The van der Waals surface area contributed by atoms with Crippen molar-refractivity contribution in [1.82, 2.24) is 0 Å². The molecule has 2 aromatic rings. The van der Waals surface area contributed by atoms with Gasteiger partial charge >= 0.3 is 5.97 Å². The SMILES string of the molecule is CC[C@@](Cc1ccc(O)cc1)(Nc1ccco1)C(=O)O. The Hall–Kier alpha value is -2.43. The molecule has 106 valence electrons. The van der Waals surface area contributed by atoms with Crippen LogP contribution in [-0.2, 0) is 11.2 Å². The minimum absolute atomic E-state index is 0.158. The number of furan rings is 1. The predicted molar refractivity (Wildman–Crippen MR) is 74.8 cm³/mol. The van der Waals surface area contributed by atoms with Crippen LogP contribution in [0.2, 0.25) is 0 Å². The smallest absolute Gasteiger partial charge is 0.329 e. The lowest BCUT2D eigenvalue weighted by Gasteiger charge is -2.29. The van der Waals surface area contributed by atoms with Crippen LogP contribution in [-0.4, -0.2) is 21.7 Å². The maximum atomic E-state index is 11.7. The molecule has 2 rings (SSSR count). The van der Waals surface area contributed by atoms with E-state index in [4.69, 9.17) is 4.42 Å². The van der Waals surface area contributed by atoms with Crippen molar-refractivity contribution in [3.8, 4) is 5.75 Å². The van der Waals surface area contributed by atoms with E-state index in [1.165, 1.54) is 6.26 Å². The Morgan fingerprint density at radius 3 is 2.50 bits per heavy atom. The third kappa shape index (κ3) is 2.93. The summed E-state index contributed by atoms with van der Waals surface area (Å²) in [4.78, 5) is 11.7. The average molecular weight is 275 g/mol. The minimum Gasteiger partial charge on any atom is -0.508 e. The average Bonchev–Trinajstić information content (AvgIpc) is 2.93. The lowest BCUT2D eigenvalue weighted by Crippen LogP contribution is -2.47. The molecule has 0 radical (unpaired) electrons. The Balaban J connectivity index is 2.26. The van der Waals surface area contributed by atoms with Gasteiger partial charge in [-0.05, 0) is 30.2 Å². The summed E-state index contributed by atoms with van der Waals surface area (Å²) in [5, 5.41) is 21.8. The van der Waals surface area contributed by atoms with E-state index in [1.807, 2.05) is 6.92 Å². The molecule has 0 bridgehead atoms. The molecule has 0 fully saturated rings. The molecule has 0 aliphatic heterocycles. The molecule has 20 heavy (non-hydrogen) atoms. The van der Waals surface area contributed by atoms with Crippen molar-refractivity contribution in [1.29, 1.82) is 0 Å². The highest BCUT2D eigenvalue weighted by atomic mass is 16.4. The van der Waals surface area contributed by atoms with Gasteiger partial charge in [-0.2, -0.15) is 0 Å². The summed E-state index contributed by atoms with van der Waals surface area (Å²) in [6, 6.07) is 9.91. The number of carboxylic acid groups (broad SMARTS) is 1. The lowest BCUT2D eigenvalue weighted by molar-refractivity contribution is -0.142. The largest absolute Gasteiger partial charge is 0.508 e. The molecule has 0 spiro atoms. The quantitative estimate of drug-likeness (QED) is 0.755. The predicted octanol–water partition coefficient (Wildman–Crippen LogP) is 2.87. The number of carboxylic acids is 1. The maximum absolute atomic E-state index is 11.7. The lowest BCUT2D eigenvalue weighted by atomic mass is 9.88. The van der Waals surface area contributed by atoms with E-state index < -0.39 is 11.5 Å². The molecule has 0 saturated carbocycles. The van der Waals surface area contributed by atoms with Crippen molar-refractivity contribution < 1.29 is 19.4 Å². The number of carbonyl (C=O) groups is 1. The summed E-state index contributed by atoms with van der Waals surface area (Å²) < 4.78 is 5.18. The van der Waals surface area contributed by atoms with Crippen LogP contribution in [0.1, 0.15) is 18.9 Å². The minimum atomic E-state index is -1.14. The standard InChI is InChI=1S/C15H17NO4/c1-2-15(14(18)19,16-13-4-3-9-20-13)10-11-5-7-12(17)8-6-11/h3-9,16-17H,2,10H2,1H3,(H,18,19)/t15-/m0/s1. The molecule has 1 heterocycles. The Morgan fingerprint density at radius 1 is 1.30 bits per heavy atom. The molecule has 0 amide bonds. The number of hydrogen-bond acceptors (Lipinski definition) is 4. The fourth-order valence-electron chi connectivity index (χ4n) is 2.09. The topological polar surface area (TPSA) is 82.7 Å². The second-order valence-corrected chi connectivity index (χ2v) is 4.69. The molecule has 1 atom stereocenters. The van der Waals surface area contributed by atoms with Crippen molar-refractivity contribution in [3.63, 3.8) is 0 Å². The zero-order chi connectivity index (χ0) is 14.6. The third-order valence-corrected chi connectivity index (χ3v) is 3.34. The first kappa shape index (κ1) is 14.0. The summed E-state index contributed by atoms with van der Waals surface area (Å²) in [7, 11) is 0. The number of aliphatic carboxylic acids is 1. The van der Waals surface area contributed by atoms with Gasteiger partial charge < -0.3 is 19.9 Å². The molecule has 3 N–H and O–H groups in total. The van der Waals surface area contributed by atoms with Gasteiger partial charge in [0.25, 0.3) is 0 Å². The Morgan fingerprint density at radius 2 is 2.00 bits per heavy atom. The first-order valence-corrected chi connectivity index (χ1v) is 6.39. The van der Waals surface area contributed by atoms with Crippen LogP contribution in [0, 0.1) is 0 Å². The highest BCUT2D eigenvalue weighted by Gasteiger charge is 2.37. The van der Waals surface area contributed by atoms with Crippen LogP contribution in [0.15, 0.2) is 47.1 Å². The second kappa shape index (κ2) is 5.69. The van der Waals surface area contributed by atoms with E-state index in [2.05, 4.69) is 5.32 Å². The van der Waals surface area contributed by atoms with Crippen molar-refractivity contribution >= 4 is 11.9 Å². The second-order valence-electron chi connectivity index (χ2n) is 4.69. The third-order valence-electron chi connectivity index (χ3n) is 3.34. The van der Waals surface area contributed by atoms with Gasteiger partial charge in [0.1, 0.15) is 11.3 Å². The molecule has 1 aromatic carbocycles. The van der Waals surface area contributed by atoms with Crippen LogP contribution in [0.5, 0.6) is 5.75 Å². The zero-order valence-corrected chi connectivity index (χ0v) is 11.2. The highest BCUT2D eigenvalue weighted by Crippen LogP contribution is 2.25. The van der Waals surface area contributed by atoms with Crippen LogP contribution in [0.25, 0.3) is 0 Å². The summed E-state index contributed by atoms with van der Waals surface area (Å²) in [5.41, 5.74) is -0.319. The molecule has 0 aliphatic rings. The number of phenolic OH excluding ortho intramolecular Hbond substituents is 1. The van der Waals surface area contributed by atoms with E-state index in [-0.39, 0.29) is 5.75 Å². The molecular weight excluding hydrogens is 258 g/mol. The summed E-state index contributed by atoms with van der Waals surface area (Å²) in [5.74, 6) is -0.359. The van der Waals surface area contributed by atoms with E-state index >= 15 is 0 Å². The number of phenols is 1. The molecular formula is C15H17NO4. The van der Waals surface area contributed by atoms with E-state index in [1.54, 1.807) is 36.4 Å². The van der Waals surface area contributed by atoms with Crippen molar-refractivity contribution in [2.75, 3.05) is 5.32 Å². The van der Waals surface area contributed by atoms with Gasteiger partial charge in [-0.3, -0.25) is 0 Å². The number of benzene rings is 1. The summed E-state index contributed by atoms with van der Waals surface area (Å²) >= 11 is 0. The van der Waals surface area contributed by atoms with Gasteiger partial charge in [-0.15, -0.1) is 0 Å². The van der Waals surface area contributed by atoms with Crippen molar-refractivity contribution in [3.05, 3.63) is 48.2 Å². The van der Waals surface area contributed by atoms with Gasteiger partial charge in [0, 0.05) is 12.5 Å². The number of aromatic hydroxyl groups is 1. The number of anilines is 1. The van der Waals surface area contributed by atoms with Gasteiger partial charge in [0.15, 0.2) is 5.88 Å². The summed E-state index contributed by atoms with van der Waals surface area (Å²) in [6.07, 6.45) is 2.18. The van der Waals surface area contributed by atoms with Crippen LogP contribution in [0.3, 0.4) is 0 Å². The highest BCUT2D eigenvalue weighted by molar-refractivity contribution is 5.82. The van der Waals surface area contributed by atoms with Crippen LogP contribution >= 0.6 is 0 Å². The molecule has 5 heteroatoms. The van der Waals surface area contributed by atoms with Gasteiger partial charge in [0.05, 0.1) is 6.26 Å². The van der Waals surface area contributed by atoms with Crippen LogP contribution < -0.4 is 5.32 Å².